The van der Waals surface area contributed by atoms with Crippen LogP contribution in [0.3, 0.4) is 0 Å². The van der Waals surface area contributed by atoms with Crippen LogP contribution in [0.25, 0.3) is 0 Å². The standard InChI is InChI=1S/C18H22N4O2/c1-3-9-23-17(5-1)21-13-15(11-19-21)7-8-16-12-20-22(14-16)18-6-2-4-10-24-18/h11-14,17-18H,1-6,9-10H2. The summed E-state index contributed by atoms with van der Waals surface area (Å²) in [5, 5.41) is 8.76. The number of hydrogen-bond acceptors (Lipinski definition) is 4. The van der Waals surface area contributed by atoms with Crippen LogP contribution in [-0.4, -0.2) is 32.8 Å². The van der Waals surface area contributed by atoms with Gasteiger partial charge in [0, 0.05) is 25.6 Å². The lowest BCUT2D eigenvalue weighted by molar-refractivity contribution is -0.0395. The van der Waals surface area contributed by atoms with Gasteiger partial charge in [-0.25, -0.2) is 9.36 Å². The predicted octanol–water partition coefficient (Wildman–Crippen LogP) is 2.88. The fourth-order valence-corrected chi connectivity index (χ4v) is 3.13. The molecule has 0 amide bonds. The first-order valence-corrected chi connectivity index (χ1v) is 8.72. The first kappa shape index (κ1) is 15.4. The molecule has 2 aliphatic rings. The Morgan fingerprint density at radius 1 is 0.792 bits per heavy atom. The van der Waals surface area contributed by atoms with Crippen LogP contribution >= 0.6 is 0 Å². The third-order valence-electron chi connectivity index (χ3n) is 4.46. The maximum absolute atomic E-state index is 5.74. The molecule has 6 heteroatoms. The summed E-state index contributed by atoms with van der Waals surface area (Å²) in [6.07, 6.45) is 14.3. The van der Waals surface area contributed by atoms with Crippen molar-refractivity contribution in [2.75, 3.05) is 13.2 Å². The van der Waals surface area contributed by atoms with Crippen LogP contribution in [0.5, 0.6) is 0 Å². The van der Waals surface area contributed by atoms with Crippen molar-refractivity contribution >= 4 is 0 Å². The molecule has 0 radical (unpaired) electrons. The minimum atomic E-state index is 0.0560. The minimum absolute atomic E-state index is 0.0560. The summed E-state index contributed by atoms with van der Waals surface area (Å²) in [6, 6.07) is 0. The van der Waals surface area contributed by atoms with Crippen molar-refractivity contribution in [3.63, 3.8) is 0 Å². The zero-order valence-electron chi connectivity index (χ0n) is 13.7. The summed E-state index contributed by atoms with van der Waals surface area (Å²) in [7, 11) is 0. The van der Waals surface area contributed by atoms with Crippen molar-refractivity contribution < 1.29 is 9.47 Å². The Bertz CT molecular complexity index is 667. The molecule has 2 saturated heterocycles. The maximum Gasteiger partial charge on any atom is 0.150 e. The molecule has 2 aromatic rings. The van der Waals surface area contributed by atoms with E-state index in [4.69, 9.17) is 9.47 Å². The molecular weight excluding hydrogens is 304 g/mol. The fourth-order valence-electron chi connectivity index (χ4n) is 3.13. The van der Waals surface area contributed by atoms with Gasteiger partial charge in [0.2, 0.25) is 0 Å². The van der Waals surface area contributed by atoms with E-state index in [1.54, 1.807) is 12.4 Å². The van der Waals surface area contributed by atoms with Crippen LogP contribution in [0.1, 0.15) is 62.1 Å². The molecule has 0 spiro atoms. The Kier molecular flexibility index (Phi) is 4.63. The Morgan fingerprint density at radius 2 is 1.29 bits per heavy atom. The molecule has 4 rings (SSSR count). The highest BCUT2D eigenvalue weighted by Gasteiger charge is 2.17. The second kappa shape index (κ2) is 7.20. The molecule has 0 bridgehead atoms. The van der Waals surface area contributed by atoms with Gasteiger partial charge in [0.25, 0.3) is 0 Å². The van der Waals surface area contributed by atoms with E-state index in [9.17, 15) is 0 Å². The molecule has 4 heterocycles. The van der Waals surface area contributed by atoms with Gasteiger partial charge in [-0.3, -0.25) is 0 Å². The Morgan fingerprint density at radius 3 is 1.71 bits per heavy atom. The summed E-state index contributed by atoms with van der Waals surface area (Å²) in [5.41, 5.74) is 1.79. The third kappa shape index (κ3) is 3.53. The van der Waals surface area contributed by atoms with E-state index in [1.165, 1.54) is 12.8 Å². The number of rotatable bonds is 2. The molecule has 24 heavy (non-hydrogen) atoms. The van der Waals surface area contributed by atoms with Gasteiger partial charge in [0.1, 0.15) is 12.5 Å². The molecule has 2 atom stereocenters. The van der Waals surface area contributed by atoms with Crippen LogP contribution in [0, 0.1) is 11.8 Å². The van der Waals surface area contributed by atoms with E-state index in [0.29, 0.717) is 0 Å². The smallest absolute Gasteiger partial charge is 0.150 e. The van der Waals surface area contributed by atoms with E-state index in [-0.39, 0.29) is 12.5 Å². The lowest BCUT2D eigenvalue weighted by Gasteiger charge is -2.22. The van der Waals surface area contributed by atoms with E-state index in [1.807, 2.05) is 21.8 Å². The van der Waals surface area contributed by atoms with Crippen LogP contribution in [0.2, 0.25) is 0 Å². The Hall–Kier alpha value is -2.10. The van der Waals surface area contributed by atoms with Crippen molar-refractivity contribution in [3.05, 3.63) is 35.9 Å². The zero-order valence-corrected chi connectivity index (χ0v) is 13.7. The lowest BCUT2D eigenvalue weighted by atomic mass is 10.2. The Labute approximate surface area is 141 Å². The first-order valence-electron chi connectivity index (χ1n) is 8.72. The van der Waals surface area contributed by atoms with Crippen molar-refractivity contribution in [2.24, 2.45) is 0 Å². The van der Waals surface area contributed by atoms with Crippen molar-refractivity contribution in [1.29, 1.82) is 0 Å². The van der Waals surface area contributed by atoms with Crippen LogP contribution < -0.4 is 0 Å². The molecule has 6 nitrogen and oxygen atoms in total. The van der Waals surface area contributed by atoms with E-state index >= 15 is 0 Å². The summed E-state index contributed by atoms with van der Waals surface area (Å²) in [6.45, 7) is 1.63. The van der Waals surface area contributed by atoms with Crippen molar-refractivity contribution in [3.8, 4) is 11.8 Å². The van der Waals surface area contributed by atoms with Crippen LogP contribution in [0.4, 0.5) is 0 Å². The average molecular weight is 326 g/mol. The molecule has 2 aliphatic heterocycles. The molecule has 0 aliphatic carbocycles. The van der Waals surface area contributed by atoms with Crippen LogP contribution in [-0.2, 0) is 9.47 Å². The molecule has 0 saturated carbocycles. The molecule has 0 aromatic carbocycles. The van der Waals surface area contributed by atoms with E-state index in [0.717, 1.165) is 50.0 Å². The van der Waals surface area contributed by atoms with Gasteiger partial charge in [-0.15, -0.1) is 0 Å². The molecule has 126 valence electrons. The first-order chi connectivity index (χ1) is 11.9. The normalized spacial score (nSPS) is 24.3. The van der Waals surface area contributed by atoms with Gasteiger partial charge in [-0.05, 0) is 38.5 Å². The maximum atomic E-state index is 5.74. The van der Waals surface area contributed by atoms with E-state index < -0.39 is 0 Å². The topological polar surface area (TPSA) is 54.1 Å². The molecule has 2 aromatic heterocycles. The summed E-state index contributed by atoms with van der Waals surface area (Å²) in [4.78, 5) is 0. The minimum Gasteiger partial charge on any atom is -0.357 e. The monoisotopic (exact) mass is 326 g/mol. The highest BCUT2D eigenvalue weighted by molar-refractivity contribution is 5.39. The SMILES string of the molecule is C(#Cc1cnn(C2CCCCO2)c1)c1cnn(C2CCCCO2)c1. The molecular formula is C18H22N4O2. The van der Waals surface area contributed by atoms with Gasteiger partial charge < -0.3 is 9.47 Å². The summed E-state index contributed by atoms with van der Waals surface area (Å²) in [5.74, 6) is 6.31. The highest BCUT2D eigenvalue weighted by Crippen LogP contribution is 2.22. The summed E-state index contributed by atoms with van der Waals surface area (Å²) < 4.78 is 15.2. The van der Waals surface area contributed by atoms with Crippen molar-refractivity contribution in [1.82, 2.24) is 19.6 Å². The van der Waals surface area contributed by atoms with Gasteiger partial charge in [-0.2, -0.15) is 10.2 Å². The van der Waals surface area contributed by atoms with Crippen molar-refractivity contribution in [2.45, 2.75) is 51.0 Å². The zero-order chi connectivity index (χ0) is 16.2. The Balaban J connectivity index is 1.42. The molecule has 2 unspecified atom stereocenters. The highest BCUT2D eigenvalue weighted by atomic mass is 16.5. The van der Waals surface area contributed by atoms with Gasteiger partial charge in [-0.1, -0.05) is 11.8 Å². The summed E-state index contributed by atoms with van der Waals surface area (Å²) >= 11 is 0. The number of aromatic nitrogens is 4. The average Bonchev–Trinajstić information content (AvgIpc) is 3.31. The fraction of sp³-hybridized carbons (Fsp3) is 0.556. The lowest BCUT2D eigenvalue weighted by Crippen LogP contribution is -2.18. The number of hydrogen-bond donors (Lipinski definition) is 0. The molecule has 0 N–H and O–H groups in total. The van der Waals surface area contributed by atoms with Crippen LogP contribution in [0.15, 0.2) is 24.8 Å². The van der Waals surface area contributed by atoms with Gasteiger partial charge in [0.05, 0.1) is 23.5 Å². The van der Waals surface area contributed by atoms with E-state index in [2.05, 4.69) is 22.0 Å². The quantitative estimate of drug-likeness (QED) is 0.796. The third-order valence-corrected chi connectivity index (χ3v) is 4.46. The van der Waals surface area contributed by atoms with Gasteiger partial charge >= 0.3 is 0 Å². The second-order valence-electron chi connectivity index (χ2n) is 6.31. The predicted molar refractivity (Wildman–Crippen MR) is 88.1 cm³/mol. The largest absolute Gasteiger partial charge is 0.357 e. The number of ether oxygens (including phenoxy) is 2. The second-order valence-corrected chi connectivity index (χ2v) is 6.31. The molecule has 2 fully saturated rings. The van der Waals surface area contributed by atoms with Gasteiger partial charge in [0.15, 0.2) is 0 Å². The number of nitrogens with zero attached hydrogens (tertiary/aromatic N) is 4.